The van der Waals surface area contributed by atoms with Gasteiger partial charge in [-0.3, -0.25) is 14.5 Å². The first-order chi connectivity index (χ1) is 16.0. The van der Waals surface area contributed by atoms with Crippen LogP contribution < -0.4 is 10.1 Å². The predicted molar refractivity (Wildman–Crippen MR) is 133 cm³/mol. The third-order valence-electron chi connectivity index (χ3n) is 5.00. The summed E-state index contributed by atoms with van der Waals surface area (Å²) in [5.74, 6) is 0.221. The van der Waals surface area contributed by atoms with Crippen LogP contribution >= 0.6 is 23.4 Å². The van der Waals surface area contributed by atoms with Gasteiger partial charge in [-0.2, -0.15) is 0 Å². The molecule has 6 nitrogen and oxygen atoms in total. The van der Waals surface area contributed by atoms with Gasteiger partial charge in [0.1, 0.15) is 11.0 Å². The van der Waals surface area contributed by atoms with Crippen molar-refractivity contribution >= 4 is 51.7 Å². The zero-order chi connectivity index (χ0) is 23.2. The average Bonchev–Trinajstić information content (AvgIpc) is 2.83. The van der Waals surface area contributed by atoms with Crippen LogP contribution in [0.1, 0.15) is 12.0 Å². The van der Waals surface area contributed by atoms with Crippen molar-refractivity contribution in [2.45, 2.75) is 18.2 Å². The molecule has 1 N–H and O–H groups in total. The lowest BCUT2D eigenvalue weighted by Gasteiger charge is -2.32. The topological polar surface area (TPSA) is 71.0 Å². The molecular weight excluding hydrogens is 458 g/mol. The third kappa shape index (κ3) is 5.94. The predicted octanol–water partition coefficient (Wildman–Crippen LogP) is 5.51. The van der Waals surface area contributed by atoms with E-state index in [1.54, 1.807) is 48.4 Å². The van der Waals surface area contributed by atoms with E-state index >= 15 is 0 Å². The number of carbonyl (C=O) groups excluding carboxylic acids is 2. The zero-order valence-electron chi connectivity index (χ0n) is 17.9. The summed E-state index contributed by atoms with van der Waals surface area (Å²) in [6.45, 7) is 0.346. The Morgan fingerprint density at radius 1 is 1.12 bits per heavy atom. The summed E-state index contributed by atoms with van der Waals surface area (Å²) in [4.78, 5) is 32.5. The number of hydrogen-bond donors (Lipinski definition) is 1. The number of para-hydroxylation sites is 1. The van der Waals surface area contributed by atoms with E-state index in [0.29, 0.717) is 33.9 Å². The monoisotopic (exact) mass is 479 g/mol. The summed E-state index contributed by atoms with van der Waals surface area (Å²) in [6, 6.07) is 23.8. The molecule has 0 saturated carbocycles. The molecule has 168 valence electrons. The fourth-order valence-corrected chi connectivity index (χ4v) is 4.53. The first kappa shape index (κ1) is 22.9. The van der Waals surface area contributed by atoms with E-state index in [1.807, 2.05) is 42.5 Å². The number of ether oxygens (including phenoxy) is 1. The minimum Gasteiger partial charge on any atom is -0.497 e. The van der Waals surface area contributed by atoms with Crippen molar-refractivity contribution in [2.24, 2.45) is 4.99 Å². The molecule has 1 atom stereocenters. The molecule has 0 spiro atoms. The van der Waals surface area contributed by atoms with E-state index in [0.717, 1.165) is 5.56 Å². The second-order valence-electron chi connectivity index (χ2n) is 7.37. The number of amidine groups is 1. The summed E-state index contributed by atoms with van der Waals surface area (Å²) in [5, 5.41) is 3.39. The molecule has 8 heteroatoms. The maximum Gasteiger partial charge on any atom is 0.238 e. The van der Waals surface area contributed by atoms with Gasteiger partial charge in [-0.05, 0) is 42.0 Å². The normalized spacial score (nSPS) is 17.2. The molecule has 3 aromatic carbocycles. The van der Waals surface area contributed by atoms with Gasteiger partial charge in [0.2, 0.25) is 11.8 Å². The van der Waals surface area contributed by atoms with Crippen LogP contribution in [0.25, 0.3) is 0 Å². The van der Waals surface area contributed by atoms with Gasteiger partial charge in [-0.15, -0.1) is 0 Å². The van der Waals surface area contributed by atoms with E-state index in [-0.39, 0.29) is 18.2 Å². The van der Waals surface area contributed by atoms with Gasteiger partial charge < -0.3 is 10.1 Å². The minimum atomic E-state index is -0.604. The summed E-state index contributed by atoms with van der Waals surface area (Å²) in [6.07, 6.45) is 0.0713. The first-order valence-electron chi connectivity index (χ1n) is 10.3. The lowest BCUT2D eigenvalue weighted by Crippen LogP contribution is -2.44. The van der Waals surface area contributed by atoms with Crippen molar-refractivity contribution in [3.05, 3.63) is 89.4 Å². The lowest BCUT2D eigenvalue weighted by molar-refractivity contribution is -0.129. The van der Waals surface area contributed by atoms with Gasteiger partial charge in [-0.1, -0.05) is 59.8 Å². The van der Waals surface area contributed by atoms with Crippen LogP contribution in [-0.4, -0.2) is 34.2 Å². The van der Waals surface area contributed by atoms with Crippen LogP contribution in [0.4, 0.5) is 11.4 Å². The van der Waals surface area contributed by atoms with Crippen molar-refractivity contribution in [3.63, 3.8) is 0 Å². The highest BCUT2D eigenvalue weighted by molar-refractivity contribution is 8.15. The van der Waals surface area contributed by atoms with Crippen LogP contribution in [0.15, 0.2) is 83.9 Å². The SMILES string of the molecule is COc1cccc(NC(=O)C2CC(=O)N(Cc3ccc(Cl)cc3)C(=Nc3ccccc3)S2)c1. The minimum absolute atomic E-state index is 0.0713. The Morgan fingerprint density at radius 3 is 2.61 bits per heavy atom. The Bertz CT molecular complexity index is 1170. The number of rotatable bonds is 6. The van der Waals surface area contributed by atoms with Gasteiger partial charge >= 0.3 is 0 Å². The quantitative estimate of drug-likeness (QED) is 0.506. The number of anilines is 1. The zero-order valence-corrected chi connectivity index (χ0v) is 19.5. The van der Waals surface area contributed by atoms with Crippen molar-refractivity contribution in [2.75, 3.05) is 12.4 Å². The maximum absolute atomic E-state index is 13.1. The highest BCUT2D eigenvalue weighted by Crippen LogP contribution is 2.31. The summed E-state index contributed by atoms with van der Waals surface area (Å²) in [7, 11) is 1.57. The number of benzene rings is 3. The number of methoxy groups -OCH3 is 1. The summed E-state index contributed by atoms with van der Waals surface area (Å²) < 4.78 is 5.22. The lowest BCUT2D eigenvalue weighted by atomic mass is 10.2. The Morgan fingerprint density at radius 2 is 1.88 bits per heavy atom. The Balaban J connectivity index is 1.57. The van der Waals surface area contributed by atoms with Crippen LogP contribution in [0.2, 0.25) is 5.02 Å². The van der Waals surface area contributed by atoms with Crippen LogP contribution in [0, 0.1) is 0 Å². The molecule has 1 unspecified atom stereocenters. The molecule has 33 heavy (non-hydrogen) atoms. The number of nitrogens with zero attached hydrogens (tertiary/aromatic N) is 2. The molecular formula is C25H22ClN3O3S. The second-order valence-corrected chi connectivity index (χ2v) is 8.97. The third-order valence-corrected chi connectivity index (χ3v) is 6.44. The highest BCUT2D eigenvalue weighted by atomic mass is 35.5. The number of halogens is 1. The first-order valence-corrected chi connectivity index (χ1v) is 11.6. The van der Waals surface area contributed by atoms with Crippen LogP contribution in [0.5, 0.6) is 5.75 Å². The molecule has 1 saturated heterocycles. The molecule has 2 amide bonds. The number of nitrogens with one attached hydrogen (secondary N) is 1. The Labute approximate surface area is 201 Å². The Hall–Kier alpha value is -3.29. The van der Waals surface area contributed by atoms with Gasteiger partial charge in [0, 0.05) is 23.2 Å². The summed E-state index contributed by atoms with van der Waals surface area (Å²) >= 11 is 7.28. The largest absolute Gasteiger partial charge is 0.497 e. The standard InChI is InChI=1S/C25H22ClN3O3S/c1-32-21-9-5-8-20(14-21)27-24(31)22-15-23(30)29(16-17-10-12-18(26)13-11-17)25(33-22)28-19-6-3-2-4-7-19/h2-14,22H,15-16H2,1H3,(H,27,31). The highest BCUT2D eigenvalue weighted by Gasteiger charge is 2.36. The molecule has 4 rings (SSSR count). The molecule has 1 fully saturated rings. The van der Waals surface area contributed by atoms with Crippen LogP contribution in [-0.2, 0) is 16.1 Å². The van der Waals surface area contributed by atoms with Gasteiger partial charge in [-0.25, -0.2) is 4.99 Å². The van der Waals surface area contributed by atoms with Crippen molar-refractivity contribution in [1.29, 1.82) is 0 Å². The fourth-order valence-electron chi connectivity index (χ4n) is 3.31. The molecule has 3 aromatic rings. The van der Waals surface area contributed by atoms with Crippen LogP contribution in [0.3, 0.4) is 0 Å². The van der Waals surface area contributed by atoms with E-state index in [9.17, 15) is 9.59 Å². The number of carbonyl (C=O) groups is 2. The van der Waals surface area contributed by atoms with Crippen molar-refractivity contribution in [3.8, 4) is 5.75 Å². The number of aliphatic imine (C=N–C) groups is 1. The second kappa shape index (κ2) is 10.6. The van der Waals surface area contributed by atoms with E-state index in [1.165, 1.54) is 11.8 Å². The average molecular weight is 480 g/mol. The Kier molecular flexibility index (Phi) is 7.32. The molecule has 0 bridgehead atoms. The van der Waals surface area contributed by atoms with E-state index in [4.69, 9.17) is 16.3 Å². The van der Waals surface area contributed by atoms with Gasteiger partial charge in [0.15, 0.2) is 5.17 Å². The number of amides is 2. The number of thioether (sulfide) groups is 1. The van der Waals surface area contributed by atoms with E-state index < -0.39 is 5.25 Å². The molecule has 1 aliphatic heterocycles. The molecule has 1 heterocycles. The van der Waals surface area contributed by atoms with E-state index in [2.05, 4.69) is 10.3 Å². The smallest absolute Gasteiger partial charge is 0.238 e. The molecule has 0 radical (unpaired) electrons. The van der Waals surface area contributed by atoms with Gasteiger partial charge in [0.05, 0.1) is 19.3 Å². The van der Waals surface area contributed by atoms with Crippen molar-refractivity contribution < 1.29 is 14.3 Å². The number of hydrogen-bond acceptors (Lipinski definition) is 5. The molecule has 1 aliphatic rings. The fraction of sp³-hybridized carbons (Fsp3) is 0.160. The van der Waals surface area contributed by atoms with Crippen molar-refractivity contribution in [1.82, 2.24) is 4.90 Å². The molecule has 0 aliphatic carbocycles. The molecule has 0 aromatic heterocycles. The summed E-state index contributed by atoms with van der Waals surface area (Å²) in [5.41, 5.74) is 2.24. The van der Waals surface area contributed by atoms with Gasteiger partial charge in [0.25, 0.3) is 0 Å². The maximum atomic E-state index is 13.1.